The van der Waals surface area contributed by atoms with Crippen molar-refractivity contribution in [3.8, 4) is 0 Å². The highest BCUT2D eigenvalue weighted by Gasteiger charge is 2.19. The second-order valence-electron chi connectivity index (χ2n) is 5.43. The summed E-state index contributed by atoms with van der Waals surface area (Å²) in [5.74, 6) is 0. The van der Waals surface area contributed by atoms with E-state index < -0.39 is 6.10 Å². The minimum atomic E-state index is -0.412. The van der Waals surface area contributed by atoms with Crippen molar-refractivity contribution in [2.24, 2.45) is 0 Å². The summed E-state index contributed by atoms with van der Waals surface area (Å²) >= 11 is 0. The van der Waals surface area contributed by atoms with Gasteiger partial charge >= 0.3 is 0 Å². The molecule has 1 atom stereocenters. The predicted octanol–water partition coefficient (Wildman–Crippen LogP) is 2.53. The van der Waals surface area contributed by atoms with Gasteiger partial charge in [0.2, 0.25) is 0 Å². The van der Waals surface area contributed by atoms with Gasteiger partial charge in [0, 0.05) is 6.54 Å². The maximum atomic E-state index is 10.3. The van der Waals surface area contributed by atoms with Gasteiger partial charge in [-0.1, -0.05) is 30.3 Å². The van der Waals surface area contributed by atoms with Crippen LogP contribution in [-0.2, 0) is 12.8 Å². The van der Waals surface area contributed by atoms with Gasteiger partial charge in [-0.2, -0.15) is 0 Å². The molecule has 0 heterocycles. The fourth-order valence-corrected chi connectivity index (χ4v) is 3.00. The lowest BCUT2D eigenvalue weighted by Crippen LogP contribution is -2.20. The summed E-state index contributed by atoms with van der Waals surface area (Å²) in [5.41, 5.74) is 3.93. The highest BCUT2D eigenvalue weighted by atomic mass is 16.3. The van der Waals surface area contributed by atoms with Crippen LogP contribution in [0, 0.1) is 0 Å². The second kappa shape index (κ2) is 4.38. The van der Waals surface area contributed by atoms with Gasteiger partial charge in [-0.3, -0.25) is 0 Å². The maximum Gasteiger partial charge on any atom is 0.0922 e. The Bertz CT molecular complexity index is 579. The molecule has 18 heavy (non-hydrogen) atoms. The molecule has 3 rings (SSSR count). The van der Waals surface area contributed by atoms with Crippen LogP contribution in [0.2, 0.25) is 0 Å². The predicted molar refractivity (Wildman–Crippen MR) is 74.9 cm³/mol. The van der Waals surface area contributed by atoms with Crippen molar-refractivity contribution in [2.75, 3.05) is 20.6 Å². The summed E-state index contributed by atoms with van der Waals surface area (Å²) < 4.78 is 0. The molecule has 0 aliphatic heterocycles. The summed E-state index contributed by atoms with van der Waals surface area (Å²) in [5, 5.41) is 13.0. The molecule has 2 nitrogen and oxygen atoms in total. The SMILES string of the molecule is CN(C)C[C@@H](O)c1ccc2c3c(cccc13)CC2. The Morgan fingerprint density at radius 3 is 2.56 bits per heavy atom. The standard InChI is InChI=1S/C16H19NO/c1-17(2)10-15(18)13-9-8-12-7-6-11-4-3-5-14(13)16(11)12/h3-5,8-9,15,18H,6-7,10H2,1-2H3/t15-/m1/s1. The van der Waals surface area contributed by atoms with E-state index in [2.05, 4.69) is 30.3 Å². The zero-order chi connectivity index (χ0) is 12.7. The molecule has 0 unspecified atom stereocenters. The lowest BCUT2D eigenvalue weighted by Gasteiger charge is -2.18. The smallest absolute Gasteiger partial charge is 0.0922 e. The quantitative estimate of drug-likeness (QED) is 0.892. The molecule has 94 valence electrons. The minimum absolute atomic E-state index is 0.412. The normalized spacial score (nSPS) is 15.6. The average molecular weight is 241 g/mol. The summed E-state index contributed by atoms with van der Waals surface area (Å²) in [4.78, 5) is 2.02. The average Bonchev–Trinajstić information content (AvgIpc) is 2.74. The maximum absolute atomic E-state index is 10.3. The molecule has 1 N–H and O–H groups in total. The van der Waals surface area contributed by atoms with Crippen LogP contribution in [-0.4, -0.2) is 30.6 Å². The number of hydrogen-bond acceptors (Lipinski definition) is 2. The number of rotatable bonds is 3. The van der Waals surface area contributed by atoms with Crippen LogP contribution in [0.5, 0.6) is 0 Å². The van der Waals surface area contributed by atoms with Crippen molar-refractivity contribution in [1.29, 1.82) is 0 Å². The van der Waals surface area contributed by atoms with Crippen molar-refractivity contribution in [2.45, 2.75) is 18.9 Å². The van der Waals surface area contributed by atoms with Gasteiger partial charge in [-0.15, -0.1) is 0 Å². The number of likely N-dealkylation sites (N-methyl/N-ethyl adjacent to an activating group) is 1. The van der Waals surface area contributed by atoms with Crippen molar-refractivity contribution >= 4 is 10.8 Å². The molecule has 2 aromatic rings. The molecular weight excluding hydrogens is 222 g/mol. The molecule has 0 spiro atoms. The monoisotopic (exact) mass is 241 g/mol. The minimum Gasteiger partial charge on any atom is -0.387 e. The van der Waals surface area contributed by atoms with E-state index in [4.69, 9.17) is 0 Å². The Labute approximate surface area is 108 Å². The lowest BCUT2D eigenvalue weighted by molar-refractivity contribution is 0.140. The van der Waals surface area contributed by atoms with E-state index in [9.17, 15) is 5.11 Å². The van der Waals surface area contributed by atoms with Crippen LogP contribution in [0.4, 0.5) is 0 Å². The molecule has 0 aromatic heterocycles. The molecule has 2 aromatic carbocycles. The lowest BCUT2D eigenvalue weighted by atomic mass is 9.96. The third-order valence-corrected chi connectivity index (χ3v) is 3.81. The molecule has 0 saturated heterocycles. The zero-order valence-corrected chi connectivity index (χ0v) is 11.0. The molecular formula is C16H19NO. The van der Waals surface area contributed by atoms with E-state index in [0.717, 1.165) is 18.4 Å². The molecule has 0 bridgehead atoms. The van der Waals surface area contributed by atoms with E-state index in [1.165, 1.54) is 21.9 Å². The Balaban J connectivity index is 2.14. The summed E-state index contributed by atoms with van der Waals surface area (Å²) in [7, 11) is 3.98. The van der Waals surface area contributed by atoms with Gasteiger partial charge < -0.3 is 10.0 Å². The van der Waals surface area contributed by atoms with E-state index in [-0.39, 0.29) is 0 Å². The molecule has 1 aliphatic carbocycles. The van der Waals surface area contributed by atoms with E-state index in [1.54, 1.807) is 0 Å². The van der Waals surface area contributed by atoms with E-state index in [1.807, 2.05) is 19.0 Å². The Morgan fingerprint density at radius 1 is 1.11 bits per heavy atom. The summed E-state index contributed by atoms with van der Waals surface area (Å²) in [6, 6.07) is 10.7. The number of hydrogen-bond donors (Lipinski definition) is 1. The third kappa shape index (κ3) is 1.82. The number of nitrogens with zero attached hydrogens (tertiary/aromatic N) is 1. The molecule has 0 saturated carbocycles. The first-order valence-corrected chi connectivity index (χ1v) is 6.53. The van der Waals surface area contributed by atoms with E-state index >= 15 is 0 Å². The van der Waals surface area contributed by atoms with Gasteiger partial charge in [0.25, 0.3) is 0 Å². The van der Waals surface area contributed by atoms with Crippen molar-refractivity contribution in [3.63, 3.8) is 0 Å². The summed E-state index contributed by atoms with van der Waals surface area (Å²) in [6.45, 7) is 0.665. The topological polar surface area (TPSA) is 23.5 Å². The molecule has 0 fully saturated rings. The van der Waals surface area contributed by atoms with Crippen molar-refractivity contribution in [3.05, 3.63) is 47.0 Å². The van der Waals surface area contributed by atoms with Crippen LogP contribution in [0.1, 0.15) is 22.8 Å². The van der Waals surface area contributed by atoms with Gasteiger partial charge in [-0.25, -0.2) is 0 Å². The van der Waals surface area contributed by atoms with Crippen LogP contribution in [0.25, 0.3) is 10.8 Å². The summed E-state index contributed by atoms with van der Waals surface area (Å²) in [6.07, 6.45) is 1.87. The molecule has 2 heteroatoms. The first-order valence-electron chi connectivity index (χ1n) is 6.53. The Morgan fingerprint density at radius 2 is 1.83 bits per heavy atom. The first kappa shape index (κ1) is 11.7. The number of aryl methyl sites for hydroxylation is 2. The Kier molecular flexibility index (Phi) is 2.84. The molecule has 1 aliphatic rings. The molecule has 0 amide bonds. The number of aliphatic hydroxyl groups excluding tert-OH is 1. The Hall–Kier alpha value is -1.38. The van der Waals surface area contributed by atoms with Crippen molar-refractivity contribution in [1.82, 2.24) is 4.90 Å². The van der Waals surface area contributed by atoms with Gasteiger partial charge in [0.1, 0.15) is 0 Å². The van der Waals surface area contributed by atoms with Gasteiger partial charge in [0.15, 0.2) is 0 Å². The second-order valence-corrected chi connectivity index (χ2v) is 5.43. The fraction of sp³-hybridized carbons (Fsp3) is 0.375. The van der Waals surface area contributed by atoms with Crippen LogP contribution in [0.3, 0.4) is 0 Å². The molecule has 0 radical (unpaired) electrons. The largest absolute Gasteiger partial charge is 0.387 e. The van der Waals surface area contributed by atoms with Crippen molar-refractivity contribution < 1.29 is 5.11 Å². The highest BCUT2D eigenvalue weighted by molar-refractivity contribution is 5.93. The third-order valence-electron chi connectivity index (χ3n) is 3.81. The van der Waals surface area contributed by atoms with Crippen LogP contribution in [0.15, 0.2) is 30.3 Å². The zero-order valence-electron chi connectivity index (χ0n) is 11.0. The van der Waals surface area contributed by atoms with Gasteiger partial charge in [-0.05, 0) is 54.4 Å². The highest BCUT2D eigenvalue weighted by Crippen LogP contribution is 2.34. The van der Waals surface area contributed by atoms with Crippen LogP contribution < -0.4 is 0 Å². The van der Waals surface area contributed by atoms with Crippen LogP contribution >= 0.6 is 0 Å². The number of aliphatic hydroxyl groups is 1. The number of benzene rings is 2. The fourth-order valence-electron chi connectivity index (χ4n) is 3.00. The van der Waals surface area contributed by atoms with E-state index in [0.29, 0.717) is 6.54 Å². The first-order chi connectivity index (χ1) is 8.66. The van der Waals surface area contributed by atoms with Gasteiger partial charge in [0.05, 0.1) is 6.10 Å².